The van der Waals surface area contributed by atoms with Crippen LogP contribution in [0.5, 0.6) is 0 Å². The summed E-state index contributed by atoms with van der Waals surface area (Å²) < 4.78 is 0. The van der Waals surface area contributed by atoms with Crippen LogP contribution in [0.1, 0.15) is 85.5 Å². The van der Waals surface area contributed by atoms with E-state index in [0.717, 1.165) is 24.7 Å². The van der Waals surface area contributed by atoms with Crippen LogP contribution >= 0.6 is 0 Å². The zero-order valence-corrected chi connectivity index (χ0v) is 18.8. The molecule has 166 valence electrons. The first-order valence-corrected chi connectivity index (χ1v) is 12.2. The fourth-order valence-corrected chi connectivity index (χ4v) is 9.15. The lowest BCUT2D eigenvalue weighted by Gasteiger charge is -2.63. The first kappa shape index (κ1) is 21.6. The topological polar surface area (TPSA) is 77.8 Å². The molecule has 4 saturated carbocycles. The standard InChI is InChI=1S/C25H42O4/c1-5-6-14(2)17-7-8-18-22-19(9-10-24(17,18)3)25(4)13-16(23(28)29)20(26)11-15(25)12-21(22)27/h14-22,26-27H,5-13H2,1-4H3,(H,28,29)/t14-,15?,16?,17-,18+,19+,20+,21-,22+,24-,25+/m1/s1. The number of fused-ring (bicyclic) bond motifs is 5. The van der Waals surface area contributed by atoms with Crippen molar-refractivity contribution in [3.8, 4) is 0 Å². The van der Waals surface area contributed by atoms with Gasteiger partial charge in [-0.15, -0.1) is 0 Å². The lowest BCUT2D eigenvalue weighted by atomic mass is 9.43. The van der Waals surface area contributed by atoms with Gasteiger partial charge in [-0.25, -0.2) is 0 Å². The first-order chi connectivity index (χ1) is 13.6. The minimum Gasteiger partial charge on any atom is -0.481 e. The largest absolute Gasteiger partial charge is 0.481 e. The quantitative estimate of drug-likeness (QED) is 0.631. The van der Waals surface area contributed by atoms with E-state index in [2.05, 4.69) is 27.7 Å². The molecule has 0 aromatic heterocycles. The molecule has 0 aliphatic heterocycles. The Morgan fingerprint density at radius 2 is 1.69 bits per heavy atom. The van der Waals surface area contributed by atoms with Crippen LogP contribution in [0, 0.1) is 52.3 Å². The van der Waals surface area contributed by atoms with Gasteiger partial charge in [-0.1, -0.05) is 40.5 Å². The summed E-state index contributed by atoms with van der Waals surface area (Å²) in [6.45, 7) is 9.51. The maximum atomic E-state index is 11.8. The van der Waals surface area contributed by atoms with Gasteiger partial charge in [0.1, 0.15) is 0 Å². The average Bonchev–Trinajstić information content (AvgIpc) is 3.00. The second-order valence-corrected chi connectivity index (χ2v) is 11.7. The Hall–Kier alpha value is -0.610. The molecule has 0 saturated heterocycles. The van der Waals surface area contributed by atoms with Crippen LogP contribution in [0.4, 0.5) is 0 Å². The van der Waals surface area contributed by atoms with Crippen molar-refractivity contribution in [3.05, 3.63) is 0 Å². The van der Waals surface area contributed by atoms with Gasteiger partial charge in [0.05, 0.1) is 18.1 Å². The number of carboxylic acids is 1. The van der Waals surface area contributed by atoms with Gasteiger partial charge in [-0.05, 0) is 91.3 Å². The Bertz CT molecular complexity index is 634. The van der Waals surface area contributed by atoms with Crippen molar-refractivity contribution >= 4 is 5.97 Å². The molecule has 0 amide bonds. The molecule has 0 bridgehead atoms. The predicted octanol–water partition coefficient (Wildman–Crippen LogP) is 4.72. The lowest BCUT2D eigenvalue weighted by Crippen LogP contribution is -2.60. The third kappa shape index (κ3) is 3.19. The van der Waals surface area contributed by atoms with E-state index in [1.54, 1.807) is 0 Å². The van der Waals surface area contributed by atoms with Crippen LogP contribution < -0.4 is 0 Å². The van der Waals surface area contributed by atoms with E-state index in [9.17, 15) is 20.1 Å². The van der Waals surface area contributed by atoms with Crippen LogP contribution in [0.3, 0.4) is 0 Å². The third-order valence-corrected chi connectivity index (χ3v) is 10.6. The number of aliphatic hydroxyl groups is 2. The van der Waals surface area contributed by atoms with Gasteiger partial charge >= 0.3 is 5.97 Å². The molecule has 0 aromatic rings. The summed E-state index contributed by atoms with van der Waals surface area (Å²) in [5, 5.41) is 31.5. The molecule has 0 heterocycles. The van der Waals surface area contributed by atoms with Crippen molar-refractivity contribution in [1.29, 1.82) is 0 Å². The summed E-state index contributed by atoms with van der Waals surface area (Å²) in [4.78, 5) is 11.8. The van der Waals surface area contributed by atoms with Gasteiger partial charge in [-0.2, -0.15) is 0 Å². The molecule has 3 N–H and O–H groups in total. The lowest BCUT2D eigenvalue weighted by molar-refractivity contribution is -0.191. The van der Waals surface area contributed by atoms with Crippen molar-refractivity contribution in [2.24, 2.45) is 52.3 Å². The summed E-state index contributed by atoms with van der Waals surface area (Å²) in [7, 11) is 0. The normalized spacial score (nSPS) is 52.9. The van der Waals surface area contributed by atoms with E-state index in [4.69, 9.17) is 0 Å². The van der Waals surface area contributed by atoms with Crippen LogP contribution in [0.15, 0.2) is 0 Å². The molecule has 4 aliphatic carbocycles. The zero-order valence-electron chi connectivity index (χ0n) is 18.8. The number of aliphatic hydroxyl groups excluding tert-OH is 2. The van der Waals surface area contributed by atoms with E-state index in [0.29, 0.717) is 36.0 Å². The highest BCUT2D eigenvalue weighted by Crippen LogP contribution is 2.68. The maximum absolute atomic E-state index is 11.8. The van der Waals surface area contributed by atoms with Crippen molar-refractivity contribution in [2.75, 3.05) is 0 Å². The molecule has 2 unspecified atom stereocenters. The first-order valence-electron chi connectivity index (χ1n) is 12.2. The van der Waals surface area contributed by atoms with E-state index in [-0.39, 0.29) is 17.4 Å². The summed E-state index contributed by atoms with van der Waals surface area (Å²) >= 11 is 0. The zero-order chi connectivity index (χ0) is 21.1. The second kappa shape index (κ2) is 7.51. The van der Waals surface area contributed by atoms with Gasteiger partial charge < -0.3 is 15.3 Å². The van der Waals surface area contributed by atoms with Crippen molar-refractivity contribution < 1.29 is 20.1 Å². The fourth-order valence-electron chi connectivity index (χ4n) is 9.15. The van der Waals surface area contributed by atoms with E-state index in [1.807, 2.05) is 0 Å². The SMILES string of the molecule is CCC[C@@H](C)[C@H]1CC[C@H]2[C@@H]3[C@H](O)CC4C[C@H](O)C(C(=O)O)C[C@]4(C)[C@H]3CC[C@]12C. The molecule has 4 aliphatic rings. The van der Waals surface area contributed by atoms with E-state index in [1.165, 1.54) is 32.1 Å². The van der Waals surface area contributed by atoms with Crippen LogP contribution in [0.2, 0.25) is 0 Å². The molecule has 4 fully saturated rings. The number of carboxylic acid groups (broad SMARTS) is 1. The molecule has 4 rings (SSSR count). The molecule has 0 radical (unpaired) electrons. The number of hydrogen-bond donors (Lipinski definition) is 3. The van der Waals surface area contributed by atoms with Gasteiger partial charge in [0.25, 0.3) is 0 Å². The summed E-state index contributed by atoms with van der Waals surface area (Å²) in [5.41, 5.74) is 0.251. The van der Waals surface area contributed by atoms with Crippen LogP contribution in [0.25, 0.3) is 0 Å². The molecule has 4 nitrogen and oxygen atoms in total. The highest BCUT2D eigenvalue weighted by atomic mass is 16.4. The van der Waals surface area contributed by atoms with Crippen LogP contribution in [-0.4, -0.2) is 33.5 Å². The molecule has 4 heteroatoms. The van der Waals surface area contributed by atoms with Crippen LogP contribution in [-0.2, 0) is 4.79 Å². The smallest absolute Gasteiger partial charge is 0.309 e. The minimum atomic E-state index is -0.852. The Morgan fingerprint density at radius 3 is 2.34 bits per heavy atom. The highest BCUT2D eigenvalue weighted by molar-refractivity contribution is 5.71. The van der Waals surface area contributed by atoms with E-state index < -0.39 is 18.0 Å². The molecular formula is C25H42O4. The molecule has 11 atom stereocenters. The Morgan fingerprint density at radius 1 is 1.03 bits per heavy atom. The van der Waals surface area contributed by atoms with Crippen molar-refractivity contribution in [1.82, 2.24) is 0 Å². The summed E-state index contributed by atoms with van der Waals surface area (Å²) in [5.74, 6) is 1.50. The fraction of sp³-hybridized carbons (Fsp3) is 0.960. The summed E-state index contributed by atoms with van der Waals surface area (Å²) in [6, 6.07) is 0. The maximum Gasteiger partial charge on any atom is 0.309 e. The Labute approximate surface area is 176 Å². The Kier molecular flexibility index (Phi) is 5.60. The number of hydrogen-bond acceptors (Lipinski definition) is 3. The summed E-state index contributed by atoms with van der Waals surface area (Å²) in [6.07, 6.45) is 8.15. The number of rotatable bonds is 4. The predicted molar refractivity (Wildman–Crippen MR) is 113 cm³/mol. The molecule has 0 spiro atoms. The molecular weight excluding hydrogens is 364 g/mol. The molecule has 29 heavy (non-hydrogen) atoms. The highest BCUT2D eigenvalue weighted by Gasteiger charge is 2.64. The van der Waals surface area contributed by atoms with Gasteiger partial charge in [0.15, 0.2) is 0 Å². The third-order valence-electron chi connectivity index (χ3n) is 10.6. The van der Waals surface area contributed by atoms with Crippen molar-refractivity contribution in [2.45, 2.75) is 97.7 Å². The van der Waals surface area contributed by atoms with E-state index >= 15 is 0 Å². The van der Waals surface area contributed by atoms with Crippen molar-refractivity contribution in [3.63, 3.8) is 0 Å². The van der Waals surface area contributed by atoms with Gasteiger partial charge in [0.2, 0.25) is 0 Å². The van der Waals surface area contributed by atoms with Gasteiger partial charge in [0, 0.05) is 0 Å². The average molecular weight is 407 g/mol. The number of carbonyl (C=O) groups is 1. The second-order valence-electron chi connectivity index (χ2n) is 11.7. The monoisotopic (exact) mass is 406 g/mol. The molecule has 0 aromatic carbocycles. The number of aliphatic carboxylic acids is 1. The Balaban J connectivity index is 1.63. The minimum absolute atomic E-state index is 0.0688. The van der Waals surface area contributed by atoms with Gasteiger partial charge in [-0.3, -0.25) is 4.79 Å².